The van der Waals surface area contributed by atoms with Gasteiger partial charge < -0.3 is 15.7 Å². The van der Waals surface area contributed by atoms with Crippen LogP contribution in [0.15, 0.2) is 29.6 Å². The number of nitrogens with two attached hydrogens (primary N) is 1. The third-order valence-electron chi connectivity index (χ3n) is 4.08. The van der Waals surface area contributed by atoms with Gasteiger partial charge in [0.2, 0.25) is 5.91 Å². The molecule has 1 atom stereocenters. The van der Waals surface area contributed by atoms with Crippen molar-refractivity contribution in [1.82, 2.24) is 15.0 Å². The third kappa shape index (κ3) is 8.41. The van der Waals surface area contributed by atoms with E-state index in [1.807, 2.05) is 0 Å². The van der Waals surface area contributed by atoms with Gasteiger partial charge in [-0.05, 0) is 31.4 Å². The summed E-state index contributed by atoms with van der Waals surface area (Å²) in [5.74, 6) is -0.680. The first-order valence-electron chi connectivity index (χ1n) is 9.06. The van der Waals surface area contributed by atoms with Crippen molar-refractivity contribution in [2.45, 2.75) is 31.5 Å². The monoisotopic (exact) mass is 495 g/mol. The Morgan fingerprint density at radius 1 is 1.19 bits per heavy atom. The van der Waals surface area contributed by atoms with Gasteiger partial charge in [0, 0.05) is 17.5 Å². The number of hydrogen-bond donors (Lipinski definition) is 5. The van der Waals surface area contributed by atoms with E-state index in [0.717, 1.165) is 23.5 Å². The van der Waals surface area contributed by atoms with E-state index < -0.39 is 40.0 Å². The zero-order valence-electron chi connectivity index (χ0n) is 16.3. The van der Waals surface area contributed by atoms with Gasteiger partial charge in [-0.2, -0.15) is 21.6 Å². The van der Waals surface area contributed by atoms with Crippen LogP contribution in [0.1, 0.15) is 24.8 Å². The lowest BCUT2D eigenvalue weighted by atomic mass is 10.1. The Morgan fingerprint density at radius 3 is 2.41 bits per heavy atom. The maximum absolute atomic E-state index is 12.7. The minimum Gasteiger partial charge on any atom is -0.465 e. The van der Waals surface area contributed by atoms with E-state index in [1.165, 1.54) is 17.5 Å². The summed E-state index contributed by atoms with van der Waals surface area (Å²) in [4.78, 5) is 27.6. The summed E-state index contributed by atoms with van der Waals surface area (Å²) in [5.41, 5.74) is -0.0417. The third-order valence-corrected chi connectivity index (χ3v) is 5.44. The summed E-state index contributed by atoms with van der Waals surface area (Å²) in [6, 6.07) is 3.23. The van der Waals surface area contributed by atoms with Gasteiger partial charge >= 0.3 is 12.3 Å². The predicted molar refractivity (Wildman–Crippen MR) is 111 cm³/mol. The number of anilines is 1. The van der Waals surface area contributed by atoms with Gasteiger partial charge in [-0.25, -0.2) is 19.6 Å². The SMILES string of the molecule is NS(=O)(=O)NCCCCC(NC(=O)O)C(=O)Nc1nc(-c2ccc(C(F)(F)F)cc2)cs1. The van der Waals surface area contributed by atoms with Crippen LogP contribution in [0.5, 0.6) is 0 Å². The Hall–Kier alpha value is -2.75. The molecule has 0 radical (unpaired) electrons. The molecule has 1 aromatic heterocycles. The Bertz CT molecular complexity index is 1040. The standard InChI is InChI=1S/C17H20F3N5O5S2/c18-17(19,20)11-6-4-10(5-7-11)13-9-31-15(23-13)25-14(26)12(24-16(27)28)3-1-2-8-22-32(21,29)30/h4-7,9,12,22,24H,1-3,8H2,(H,27,28)(H2,21,29,30)(H,23,25,26). The number of aromatic nitrogens is 1. The van der Waals surface area contributed by atoms with Crippen molar-refractivity contribution in [3.05, 3.63) is 35.2 Å². The van der Waals surface area contributed by atoms with E-state index in [-0.39, 0.29) is 18.1 Å². The molecule has 10 nitrogen and oxygen atoms in total. The summed E-state index contributed by atoms with van der Waals surface area (Å²) in [6.45, 7) is 0.0310. The van der Waals surface area contributed by atoms with Gasteiger partial charge in [0.1, 0.15) is 6.04 Å². The summed E-state index contributed by atoms with van der Waals surface area (Å²) in [6.07, 6.45) is -5.16. The maximum atomic E-state index is 12.7. The van der Waals surface area contributed by atoms with Crippen LogP contribution in [0.3, 0.4) is 0 Å². The van der Waals surface area contributed by atoms with Gasteiger partial charge in [0.15, 0.2) is 5.13 Å². The largest absolute Gasteiger partial charge is 0.465 e. The minimum atomic E-state index is -4.46. The molecule has 2 aromatic rings. The highest BCUT2D eigenvalue weighted by atomic mass is 32.2. The first-order valence-corrected chi connectivity index (χ1v) is 11.5. The second kappa shape index (κ2) is 10.7. The number of halogens is 3. The highest BCUT2D eigenvalue weighted by molar-refractivity contribution is 7.87. The predicted octanol–water partition coefficient (Wildman–Crippen LogP) is 2.37. The van der Waals surface area contributed by atoms with E-state index in [9.17, 15) is 31.2 Å². The number of carboxylic acid groups (broad SMARTS) is 1. The number of hydrogen-bond acceptors (Lipinski definition) is 6. The minimum absolute atomic E-state index is 0.0310. The Kier molecular flexibility index (Phi) is 8.54. The molecular weight excluding hydrogens is 475 g/mol. The van der Waals surface area contributed by atoms with Crippen LogP contribution in [-0.4, -0.2) is 43.1 Å². The van der Waals surface area contributed by atoms with Crippen LogP contribution in [0.4, 0.5) is 23.1 Å². The lowest BCUT2D eigenvalue weighted by molar-refractivity contribution is -0.137. The average Bonchev–Trinajstić information content (AvgIpc) is 3.13. The number of benzene rings is 1. The zero-order chi connectivity index (χ0) is 23.9. The zero-order valence-corrected chi connectivity index (χ0v) is 18.0. The first kappa shape index (κ1) is 25.5. The van der Waals surface area contributed by atoms with E-state index in [1.54, 1.807) is 0 Å². The lowest BCUT2D eigenvalue weighted by Crippen LogP contribution is -2.43. The number of carbonyl (C=O) groups excluding carboxylic acids is 1. The fourth-order valence-corrected chi connectivity index (χ4v) is 3.74. The molecule has 15 heteroatoms. The van der Waals surface area contributed by atoms with Crippen LogP contribution >= 0.6 is 11.3 Å². The van der Waals surface area contributed by atoms with Crippen LogP contribution in [0, 0.1) is 0 Å². The van der Waals surface area contributed by atoms with Crippen molar-refractivity contribution >= 4 is 38.7 Å². The fourth-order valence-electron chi connectivity index (χ4n) is 2.59. The topological polar surface area (TPSA) is 164 Å². The molecule has 0 fully saturated rings. The summed E-state index contributed by atoms with van der Waals surface area (Å²) in [7, 11) is -3.83. The normalized spacial score (nSPS) is 12.9. The number of amides is 2. The van der Waals surface area contributed by atoms with Crippen molar-refractivity contribution in [2.75, 3.05) is 11.9 Å². The average molecular weight is 496 g/mol. The van der Waals surface area contributed by atoms with E-state index in [4.69, 9.17) is 10.2 Å². The number of nitrogens with zero attached hydrogens (tertiary/aromatic N) is 1. The highest BCUT2D eigenvalue weighted by Crippen LogP contribution is 2.31. The molecule has 6 N–H and O–H groups in total. The molecule has 1 unspecified atom stereocenters. The maximum Gasteiger partial charge on any atom is 0.416 e. The second-order valence-electron chi connectivity index (χ2n) is 6.54. The Balaban J connectivity index is 1.97. The number of nitrogens with one attached hydrogen (secondary N) is 3. The highest BCUT2D eigenvalue weighted by Gasteiger charge is 2.30. The van der Waals surface area contributed by atoms with Crippen molar-refractivity contribution < 1.29 is 36.3 Å². The number of rotatable bonds is 10. The van der Waals surface area contributed by atoms with Crippen molar-refractivity contribution in [3.8, 4) is 11.3 Å². The molecule has 0 aliphatic heterocycles. The molecule has 0 bridgehead atoms. The quantitative estimate of drug-likeness (QED) is 0.318. The molecule has 1 heterocycles. The van der Waals surface area contributed by atoms with Crippen LogP contribution in [-0.2, 0) is 21.2 Å². The first-order chi connectivity index (χ1) is 14.8. The summed E-state index contributed by atoms with van der Waals surface area (Å²) >= 11 is 1.02. The van der Waals surface area contributed by atoms with E-state index in [0.29, 0.717) is 24.1 Å². The van der Waals surface area contributed by atoms with Gasteiger partial charge in [0.25, 0.3) is 10.2 Å². The van der Waals surface area contributed by atoms with Gasteiger partial charge in [0.05, 0.1) is 11.3 Å². The molecule has 0 spiro atoms. The van der Waals surface area contributed by atoms with E-state index in [2.05, 4.69) is 20.3 Å². The molecule has 2 amide bonds. The molecule has 0 aliphatic carbocycles. The summed E-state index contributed by atoms with van der Waals surface area (Å²) in [5, 5.41) is 20.0. The van der Waals surface area contributed by atoms with Crippen molar-refractivity contribution in [2.24, 2.45) is 5.14 Å². The molecule has 1 aromatic carbocycles. The van der Waals surface area contributed by atoms with Gasteiger partial charge in [-0.1, -0.05) is 12.1 Å². The van der Waals surface area contributed by atoms with Gasteiger partial charge in [-0.15, -0.1) is 11.3 Å². The molecule has 32 heavy (non-hydrogen) atoms. The smallest absolute Gasteiger partial charge is 0.416 e. The Morgan fingerprint density at radius 2 is 1.84 bits per heavy atom. The molecule has 0 saturated heterocycles. The van der Waals surface area contributed by atoms with Crippen molar-refractivity contribution in [3.63, 3.8) is 0 Å². The van der Waals surface area contributed by atoms with Gasteiger partial charge in [-0.3, -0.25) is 4.79 Å². The summed E-state index contributed by atoms with van der Waals surface area (Å²) < 4.78 is 61.7. The van der Waals surface area contributed by atoms with Crippen LogP contribution < -0.4 is 20.5 Å². The number of unbranched alkanes of at least 4 members (excludes halogenated alkanes) is 1. The molecule has 176 valence electrons. The van der Waals surface area contributed by atoms with E-state index >= 15 is 0 Å². The van der Waals surface area contributed by atoms with Crippen LogP contribution in [0.25, 0.3) is 11.3 Å². The molecule has 0 aliphatic rings. The fraction of sp³-hybridized carbons (Fsp3) is 0.353. The Labute approximate surface area is 185 Å². The number of carbonyl (C=O) groups is 2. The molecular formula is C17H20F3N5O5S2. The molecule has 2 rings (SSSR count). The van der Waals surface area contributed by atoms with Crippen molar-refractivity contribution in [1.29, 1.82) is 0 Å². The lowest BCUT2D eigenvalue weighted by Gasteiger charge is -2.15. The molecule has 0 saturated carbocycles. The number of thiazole rings is 1. The van der Waals surface area contributed by atoms with Crippen LogP contribution in [0.2, 0.25) is 0 Å². The second-order valence-corrected chi connectivity index (χ2v) is 8.78. The number of alkyl halides is 3.